The van der Waals surface area contributed by atoms with Gasteiger partial charge in [-0.15, -0.1) is 0 Å². The lowest BCUT2D eigenvalue weighted by molar-refractivity contribution is 0.0968. The summed E-state index contributed by atoms with van der Waals surface area (Å²) < 4.78 is 5.25. The summed E-state index contributed by atoms with van der Waals surface area (Å²) >= 11 is 0. The third kappa shape index (κ3) is 5.81. The Morgan fingerprint density at radius 3 is 2.41 bits per heavy atom. The van der Waals surface area contributed by atoms with E-state index in [2.05, 4.69) is 28.9 Å². The molecular formula is C19H27NO2. The second-order valence-electron chi connectivity index (χ2n) is 6.68. The van der Waals surface area contributed by atoms with Gasteiger partial charge in [0, 0.05) is 25.8 Å². The Morgan fingerprint density at radius 2 is 1.86 bits per heavy atom. The highest BCUT2D eigenvalue weighted by Crippen LogP contribution is 2.19. The Morgan fingerprint density at radius 1 is 1.23 bits per heavy atom. The number of likely N-dealkylation sites (tertiary alicyclic amines) is 1. The normalized spacial score (nSPS) is 17.1. The van der Waals surface area contributed by atoms with E-state index in [-0.39, 0.29) is 0 Å². The van der Waals surface area contributed by atoms with Gasteiger partial charge in [-0.1, -0.05) is 24.0 Å². The van der Waals surface area contributed by atoms with Gasteiger partial charge in [-0.2, -0.15) is 0 Å². The minimum Gasteiger partial charge on any atom is -0.384 e. The summed E-state index contributed by atoms with van der Waals surface area (Å²) in [4.78, 5) is 2.50. The van der Waals surface area contributed by atoms with Crippen LogP contribution >= 0.6 is 0 Å². The molecule has 120 valence electrons. The average molecular weight is 301 g/mol. The van der Waals surface area contributed by atoms with Crippen molar-refractivity contribution in [2.45, 2.75) is 38.8 Å². The number of piperidine rings is 1. The van der Waals surface area contributed by atoms with Crippen LogP contribution in [0.5, 0.6) is 0 Å². The van der Waals surface area contributed by atoms with Crippen molar-refractivity contribution in [2.75, 3.05) is 26.8 Å². The zero-order valence-electron chi connectivity index (χ0n) is 13.9. The maximum atomic E-state index is 9.62. The number of aliphatic hydroxyl groups is 1. The Labute approximate surface area is 134 Å². The van der Waals surface area contributed by atoms with Gasteiger partial charge in [0.2, 0.25) is 0 Å². The van der Waals surface area contributed by atoms with Gasteiger partial charge >= 0.3 is 0 Å². The molecule has 0 atom stereocenters. The Hall–Kier alpha value is -1.34. The van der Waals surface area contributed by atoms with E-state index in [1.54, 1.807) is 21.0 Å². The van der Waals surface area contributed by atoms with Crippen molar-refractivity contribution in [3.05, 3.63) is 35.4 Å². The van der Waals surface area contributed by atoms with E-state index in [0.717, 1.165) is 37.7 Å². The van der Waals surface area contributed by atoms with Crippen molar-refractivity contribution in [3.63, 3.8) is 0 Å². The second kappa shape index (κ2) is 7.78. The van der Waals surface area contributed by atoms with Gasteiger partial charge in [0.25, 0.3) is 0 Å². The van der Waals surface area contributed by atoms with Crippen molar-refractivity contribution < 1.29 is 9.84 Å². The molecule has 3 nitrogen and oxygen atoms in total. The van der Waals surface area contributed by atoms with Crippen molar-refractivity contribution in [2.24, 2.45) is 5.92 Å². The number of methoxy groups -OCH3 is 1. The van der Waals surface area contributed by atoms with Crippen molar-refractivity contribution in [3.8, 4) is 11.8 Å². The standard InChI is InChI=1S/C19H27NO2/c1-19(2,21)11-8-16-4-6-17(7-5-16)14-20-12-9-18(10-13-20)15-22-3/h4-7,18,21H,9-10,12-15H2,1-3H3. The van der Waals surface area contributed by atoms with E-state index in [4.69, 9.17) is 4.74 Å². The fourth-order valence-corrected chi connectivity index (χ4v) is 2.72. The second-order valence-corrected chi connectivity index (χ2v) is 6.68. The monoisotopic (exact) mass is 301 g/mol. The highest BCUT2D eigenvalue weighted by atomic mass is 16.5. The van der Waals surface area contributed by atoms with Crippen LogP contribution in [0.15, 0.2) is 24.3 Å². The molecule has 0 radical (unpaired) electrons. The molecule has 2 rings (SSSR count). The lowest BCUT2D eigenvalue weighted by Crippen LogP contribution is -2.34. The highest BCUT2D eigenvalue weighted by molar-refractivity contribution is 5.37. The lowest BCUT2D eigenvalue weighted by atomic mass is 9.97. The summed E-state index contributed by atoms with van der Waals surface area (Å²) in [5, 5.41) is 9.62. The molecule has 1 fully saturated rings. The molecule has 0 aromatic heterocycles. The van der Waals surface area contributed by atoms with Gasteiger partial charge in [0.15, 0.2) is 0 Å². The first-order chi connectivity index (χ1) is 10.5. The molecule has 1 aromatic rings. The first-order valence-electron chi connectivity index (χ1n) is 8.02. The van der Waals surface area contributed by atoms with Crippen LogP contribution in [0, 0.1) is 17.8 Å². The summed E-state index contributed by atoms with van der Waals surface area (Å²) in [7, 11) is 1.79. The number of ether oxygens (including phenoxy) is 1. The summed E-state index contributed by atoms with van der Waals surface area (Å²) in [5.74, 6) is 6.57. The van der Waals surface area contributed by atoms with Gasteiger partial charge in [-0.05, 0) is 63.4 Å². The number of nitrogens with zero attached hydrogens (tertiary/aromatic N) is 1. The largest absolute Gasteiger partial charge is 0.384 e. The predicted octanol–water partition coefficient (Wildman–Crippen LogP) is 2.67. The molecule has 0 aliphatic carbocycles. The van der Waals surface area contributed by atoms with E-state index in [9.17, 15) is 5.11 Å². The number of benzene rings is 1. The van der Waals surface area contributed by atoms with E-state index in [0.29, 0.717) is 0 Å². The lowest BCUT2D eigenvalue weighted by Gasteiger charge is -2.31. The molecule has 1 aromatic carbocycles. The molecule has 1 aliphatic rings. The minimum atomic E-state index is -0.939. The van der Waals surface area contributed by atoms with Crippen molar-refractivity contribution in [1.82, 2.24) is 4.90 Å². The summed E-state index contributed by atoms with van der Waals surface area (Å²) in [6.45, 7) is 7.58. The molecule has 0 saturated carbocycles. The molecule has 0 spiro atoms. The highest BCUT2D eigenvalue weighted by Gasteiger charge is 2.18. The van der Waals surface area contributed by atoms with Crippen LogP contribution < -0.4 is 0 Å². The zero-order valence-corrected chi connectivity index (χ0v) is 13.9. The number of hydrogen-bond donors (Lipinski definition) is 1. The fourth-order valence-electron chi connectivity index (χ4n) is 2.72. The molecule has 0 bridgehead atoms. The SMILES string of the molecule is COCC1CCN(Cc2ccc(C#CC(C)(C)O)cc2)CC1. The van der Waals surface area contributed by atoms with Gasteiger partial charge in [-0.3, -0.25) is 4.90 Å². The molecule has 3 heteroatoms. The van der Waals surface area contributed by atoms with Crippen LogP contribution in [0.4, 0.5) is 0 Å². The number of rotatable bonds is 4. The predicted molar refractivity (Wildman–Crippen MR) is 89.5 cm³/mol. The minimum absolute atomic E-state index is 0.723. The van der Waals surface area contributed by atoms with E-state index < -0.39 is 5.60 Å². The van der Waals surface area contributed by atoms with Crippen LogP contribution in [0.3, 0.4) is 0 Å². The van der Waals surface area contributed by atoms with Crippen LogP contribution in [-0.4, -0.2) is 42.4 Å². The Kier molecular flexibility index (Phi) is 6.02. The molecular weight excluding hydrogens is 274 g/mol. The third-order valence-electron chi connectivity index (χ3n) is 3.98. The van der Waals surface area contributed by atoms with Gasteiger partial charge in [-0.25, -0.2) is 0 Å². The van der Waals surface area contributed by atoms with Crippen LogP contribution in [0.25, 0.3) is 0 Å². The molecule has 1 N–H and O–H groups in total. The van der Waals surface area contributed by atoms with E-state index >= 15 is 0 Å². The summed E-state index contributed by atoms with van der Waals surface area (Å²) in [6.07, 6.45) is 2.45. The first-order valence-corrected chi connectivity index (χ1v) is 8.02. The van der Waals surface area contributed by atoms with Crippen LogP contribution in [0.2, 0.25) is 0 Å². The third-order valence-corrected chi connectivity index (χ3v) is 3.98. The molecule has 0 unspecified atom stereocenters. The average Bonchev–Trinajstić information content (AvgIpc) is 2.48. The maximum absolute atomic E-state index is 9.62. The first kappa shape index (κ1) is 17.0. The maximum Gasteiger partial charge on any atom is 0.120 e. The number of hydrogen-bond acceptors (Lipinski definition) is 3. The summed E-state index contributed by atoms with van der Waals surface area (Å²) in [6, 6.07) is 8.34. The molecule has 1 aliphatic heterocycles. The van der Waals surface area contributed by atoms with Gasteiger partial charge < -0.3 is 9.84 Å². The fraction of sp³-hybridized carbons (Fsp3) is 0.579. The van der Waals surface area contributed by atoms with E-state index in [1.165, 1.54) is 18.4 Å². The van der Waals surface area contributed by atoms with Crippen LogP contribution in [-0.2, 0) is 11.3 Å². The molecule has 1 saturated heterocycles. The Balaban J connectivity index is 1.85. The van der Waals surface area contributed by atoms with Gasteiger partial charge in [0.05, 0.1) is 0 Å². The zero-order chi connectivity index (χ0) is 16.0. The topological polar surface area (TPSA) is 32.7 Å². The molecule has 0 amide bonds. The summed E-state index contributed by atoms with van der Waals surface area (Å²) in [5.41, 5.74) is 1.33. The van der Waals surface area contributed by atoms with Crippen molar-refractivity contribution in [1.29, 1.82) is 0 Å². The van der Waals surface area contributed by atoms with Gasteiger partial charge in [0.1, 0.15) is 5.60 Å². The van der Waals surface area contributed by atoms with Crippen molar-refractivity contribution >= 4 is 0 Å². The Bertz CT molecular complexity index is 511. The quantitative estimate of drug-likeness (QED) is 0.868. The molecule has 1 heterocycles. The van der Waals surface area contributed by atoms with E-state index in [1.807, 2.05) is 12.1 Å². The van der Waals surface area contributed by atoms with Crippen LogP contribution in [0.1, 0.15) is 37.8 Å². The smallest absolute Gasteiger partial charge is 0.120 e. The molecule has 22 heavy (non-hydrogen) atoms.